The highest BCUT2D eigenvalue weighted by Gasteiger charge is 2.37. The van der Waals surface area contributed by atoms with E-state index in [2.05, 4.69) is 0 Å². The van der Waals surface area contributed by atoms with Crippen LogP contribution in [0.4, 0.5) is 4.39 Å². The molecule has 1 fully saturated rings. The number of rotatable bonds is 3. The fourth-order valence-corrected chi connectivity index (χ4v) is 2.33. The first-order chi connectivity index (χ1) is 7.57. The van der Waals surface area contributed by atoms with E-state index in [4.69, 9.17) is 22.1 Å². The molecule has 0 bridgehead atoms. The molecule has 2 nitrogen and oxygen atoms in total. The normalized spacial score (nSPS) is 18.2. The topological polar surface area (TPSA) is 35.2 Å². The van der Waals surface area contributed by atoms with E-state index in [0.29, 0.717) is 12.2 Å². The molecule has 0 atom stereocenters. The minimum atomic E-state index is -0.530. The summed E-state index contributed by atoms with van der Waals surface area (Å²) >= 11 is 5.86. The second-order valence-corrected chi connectivity index (χ2v) is 4.79. The predicted octanol–water partition coefficient (Wildman–Crippen LogP) is 2.96. The molecule has 1 aromatic carbocycles. The monoisotopic (exact) mass is 243 g/mol. The average molecular weight is 244 g/mol. The van der Waals surface area contributed by atoms with Crippen molar-refractivity contribution in [3.8, 4) is 0 Å². The lowest BCUT2D eigenvalue weighted by Gasteiger charge is -2.39. The molecule has 0 spiro atoms. The maximum Gasteiger partial charge on any atom is 0.146 e. The number of hydrogen-bond acceptors (Lipinski definition) is 2. The van der Waals surface area contributed by atoms with Crippen LogP contribution in [0.2, 0.25) is 5.02 Å². The molecular weight excluding hydrogens is 229 g/mol. The van der Waals surface area contributed by atoms with Gasteiger partial charge in [-0.25, -0.2) is 4.39 Å². The van der Waals surface area contributed by atoms with Gasteiger partial charge in [0.25, 0.3) is 0 Å². The van der Waals surface area contributed by atoms with Crippen LogP contribution in [0.1, 0.15) is 30.4 Å². The van der Waals surface area contributed by atoms with E-state index in [1.54, 1.807) is 19.2 Å². The van der Waals surface area contributed by atoms with E-state index < -0.39 is 5.54 Å². The zero-order chi connectivity index (χ0) is 11.8. The van der Waals surface area contributed by atoms with Crippen LogP contribution in [0.3, 0.4) is 0 Å². The Labute approximate surface area is 99.5 Å². The van der Waals surface area contributed by atoms with Crippen LogP contribution >= 0.6 is 11.6 Å². The van der Waals surface area contributed by atoms with Crippen LogP contribution in [0.5, 0.6) is 0 Å². The van der Waals surface area contributed by atoms with E-state index in [1.807, 2.05) is 0 Å². The fraction of sp³-hybridized carbons (Fsp3) is 0.500. The van der Waals surface area contributed by atoms with Crippen LogP contribution in [0, 0.1) is 5.82 Å². The largest absolute Gasteiger partial charge is 0.380 e. The van der Waals surface area contributed by atoms with Crippen molar-refractivity contribution in [2.45, 2.75) is 31.4 Å². The standard InChI is InChI=1S/C12H15ClFNO/c1-16-7-8-5-9(11(14)10(13)6-8)12(15)3-2-4-12/h5-6H,2-4,7,15H2,1H3. The van der Waals surface area contributed by atoms with Gasteiger partial charge in [-0.15, -0.1) is 0 Å². The highest BCUT2D eigenvalue weighted by molar-refractivity contribution is 6.30. The molecule has 0 aromatic heterocycles. The SMILES string of the molecule is COCc1cc(Cl)c(F)c(C2(N)CCC2)c1. The van der Waals surface area contributed by atoms with E-state index in [-0.39, 0.29) is 10.8 Å². The van der Waals surface area contributed by atoms with Gasteiger partial charge in [-0.2, -0.15) is 0 Å². The molecule has 1 saturated carbocycles. The maximum absolute atomic E-state index is 13.9. The quantitative estimate of drug-likeness (QED) is 0.886. The first kappa shape index (κ1) is 11.8. The molecule has 0 radical (unpaired) electrons. The van der Waals surface area contributed by atoms with Crippen molar-refractivity contribution in [2.24, 2.45) is 5.73 Å². The molecule has 0 unspecified atom stereocenters. The van der Waals surface area contributed by atoms with Crippen LogP contribution < -0.4 is 5.73 Å². The maximum atomic E-state index is 13.9. The van der Waals surface area contributed by atoms with Crippen molar-refractivity contribution in [3.05, 3.63) is 34.1 Å². The molecule has 0 heterocycles. The Hall–Kier alpha value is -0.640. The van der Waals surface area contributed by atoms with Crippen molar-refractivity contribution in [3.63, 3.8) is 0 Å². The third-order valence-electron chi connectivity index (χ3n) is 3.18. The van der Waals surface area contributed by atoms with Crippen LogP contribution in [0.15, 0.2) is 12.1 Å². The number of halogens is 2. The van der Waals surface area contributed by atoms with E-state index in [9.17, 15) is 4.39 Å². The molecule has 0 aliphatic heterocycles. The van der Waals surface area contributed by atoms with Crippen molar-refractivity contribution < 1.29 is 9.13 Å². The van der Waals surface area contributed by atoms with Crippen LogP contribution in [-0.4, -0.2) is 7.11 Å². The van der Waals surface area contributed by atoms with E-state index >= 15 is 0 Å². The van der Waals surface area contributed by atoms with Gasteiger partial charge in [-0.3, -0.25) is 0 Å². The third-order valence-corrected chi connectivity index (χ3v) is 3.46. The Kier molecular flexibility index (Phi) is 3.19. The van der Waals surface area contributed by atoms with Crippen molar-refractivity contribution in [1.82, 2.24) is 0 Å². The average Bonchev–Trinajstić information content (AvgIpc) is 2.20. The predicted molar refractivity (Wildman–Crippen MR) is 61.8 cm³/mol. The zero-order valence-electron chi connectivity index (χ0n) is 9.22. The van der Waals surface area contributed by atoms with Gasteiger partial charge < -0.3 is 10.5 Å². The summed E-state index contributed by atoms with van der Waals surface area (Å²) < 4.78 is 18.9. The lowest BCUT2D eigenvalue weighted by Crippen LogP contribution is -2.44. The van der Waals surface area contributed by atoms with Gasteiger partial charge in [0, 0.05) is 18.2 Å². The summed E-state index contributed by atoms with van der Waals surface area (Å²) in [7, 11) is 1.60. The summed E-state index contributed by atoms with van der Waals surface area (Å²) in [5, 5.41) is 0.126. The number of methoxy groups -OCH3 is 1. The molecule has 1 aliphatic carbocycles. The first-order valence-electron chi connectivity index (χ1n) is 5.33. The highest BCUT2D eigenvalue weighted by atomic mass is 35.5. The minimum Gasteiger partial charge on any atom is -0.380 e. The number of nitrogens with two attached hydrogens (primary N) is 1. The van der Waals surface area contributed by atoms with E-state index in [0.717, 1.165) is 24.8 Å². The van der Waals surface area contributed by atoms with Crippen molar-refractivity contribution in [1.29, 1.82) is 0 Å². The number of benzene rings is 1. The Morgan fingerprint density at radius 3 is 2.69 bits per heavy atom. The lowest BCUT2D eigenvalue weighted by molar-refractivity contribution is 0.184. The first-order valence-corrected chi connectivity index (χ1v) is 5.71. The van der Waals surface area contributed by atoms with Gasteiger partial charge in [0.15, 0.2) is 0 Å². The molecular formula is C12H15ClFNO. The number of ether oxygens (including phenoxy) is 1. The van der Waals surface area contributed by atoms with Crippen molar-refractivity contribution in [2.75, 3.05) is 7.11 Å². The van der Waals surface area contributed by atoms with Gasteiger partial charge in [0.1, 0.15) is 5.82 Å². The Morgan fingerprint density at radius 2 is 2.19 bits per heavy atom. The summed E-state index contributed by atoms with van der Waals surface area (Å²) in [6, 6.07) is 3.36. The number of hydrogen-bond donors (Lipinski definition) is 1. The minimum absolute atomic E-state index is 0.126. The van der Waals surface area contributed by atoms with Crippen LogP contribution in [0.25, 0.3) is 0 Å². The van der Waals surface area contributed by atoms with Gasteiger partial charge >= 0.3 is 0 Å². The van der Waals surface area contributed by atoms with Crippen molar-refractivity contribution >= 4 is 11.6 Å². The fourth-order valence-electron chi connectivity index (χ4n) is 2.08. The summed E-state index contributed by atoms with van der Waals surface area (Å²) in [4.78, 5) is 0. The van der Waals surface area contributed by atoms with Gasteiger partial charge in [0.05, 0.1) is 11.6 Å². The third kappa shape index (κ3) is 1.95. The molecule has 4 heteroatoms. The summed E-state index contributed by atoms with van der Waals surface area (Å²) in [6.45, 7) is 0.420. The Bertz CT molecular complexity index is 404. The molecule has 88 valence electrons. The second-order valence-electron chi connectivity index (χ2n) is 4.38. The van der Waals surface area contributed by atoms with Crippen LogP contribution in [-0.2, 0) is 16.9 Å². The molecule has 1 aliphatic rings. The Morgan fingerprint density at radius 1 is 1.50 bits per heavy atom. The highest BCUT2D eigenvalue weighted by Crippen LogP contribution is 2.41. The van der Waals surface area contributed by atoms with Gasteiger partial charge in [-0.05, 0) is 37.0 Å². The summed E-state index contributed by atoms with van der Waals surface area (Å²) in [6.07, 6.45) is 2.68. The smallest absolute Gasteiger partial charge is 0.146 e. The molecule has 2 N–H and O–H groups in total. The second kappa shape index (κ2) is 4.32. The summed E-state index contributed by atoms with van der Waals surface area (Å²) in [5.41, 5.74) is 6.98. The van der Waals surface area contributed by atoms with Gasteiger partial charge in [-0.1, -0.05) is 11.6 Å². The Balaban J connectivity index is 2.42. The molecule has 0 amide bonds. The molecule has 0 saturated heterocycles. The van der Waals surface area contributed by atoms with E-state index in [1.165, 1.54) is 0 Å². The van der Waals surface area contributed by atoms with Gasteiger partial charge in [0.2, 0.25) is 0 Å². The molecule has 1 aromatic rings. The lowest BCUT2D eigenvalue weighted by atomic mass is 9.72. The zero-order valence-corrected chi connectivity index (χ0v) is 9.98. The summed E-state index contributed by atoms with van der Waals surface area (Å²) in [5.74, 6) is -0.385. The molecule has 2 rings (SSSR count). The molecule has 16 heavy (non-hydrogen) atoms.